The Hall–Kier alpha value is -4.03. The number of amides is 2. The zero-order valence-electron chi connectivity index (χ0n) is 18.0. The molecule has 176 valence electrons. The van der Waals surface area contributed by atoms with Gasteiger partial charge in [0.1, 0.15) is 11.6 Å². The number of rotatable bonds is 3. The molecule has 0 spiro atoms. The highest BCUT2D eigenvalue weighted by atomic mass is 19.1. The van der Waals surface area contributed by atoms with Crippen LogP contribution in [0.1, 0.15) is 23.9 Å². The topological polar surface area (TPSA) is 104 Å². The molecule has 34 heavy (non-hydrogen) atoms. The molecule has 0 radical (unpaired) electrons. The number of aromatic nitrogens is 4. The monoisotopic (exact) mass is 472 g/mol. The van der Waals surface area contributed by atoms with Gasteiger partial charge in [-0.05, 0) is 17.7 Å². The van der Waals surface area contributed by atoms with E-state index in [0.717, 1.165) is 12.3 Å². The quantitative estimate of drug-likeness (QED) is 0.577. The molecule has 0 saturated carbocycles. The Bertz CT molecular complexity index is 1240. The first-order valence-electron chi connectivity index (χ1n) is 10.5. The molecule has 2 aromatic heterocycles. The van der Waals surface area contributed by atoms with Crippen molar-refractivity contribution in [2.24, 2.45) is 5.10 Å². The van der Waals surface area contributed by atoms with Crippen molar-refractivity contribution >= 4 is 18.2 Å². The molecule has 1 saturated heterocycles. The molecule has 0 N–H and O–H groups in total. The van der Waals surface area contributed by atoms with Crippen molar-refractivity contribution in [2.45, 2.75) is 19.4 Å². The van der Waals surface area contributed by atoms with E-state index in [9.17, 15) is 18.0 Å². The molecular weight excluding hydrogens is 453 g/mol. The normalized spacial score (nSPS) is 18.1. The Morgan fingerprint density at radius 1 is 1.06 bits per heavy atom. The molecule has 1 aromatic carbocycles. The van der Waals surface area contributed by atoms with Crippen LogP contribution < -0.4 is 4.90 Å². The Kier molecular flexibility index (Phi) is 5.59. The number of hydrogen-bond acceptors (Lipinski definition) is 8. The number of piperazine rings is 1. The maximum Gasteiger partial charge on any atom is 0.341 e. The SMILES string of the molecule is Cc1nnc(-c2nc(N3CCN(C(=O)N4N=CCC4c4cc(F)cc(F)c4)CC3)ncc2F)o1. The van der Waals surface area contributed by atoms with Crippen molar-refractivity contribution in [1.29, 1.82) is 0 Å². The van der Waals surface area contributed by atoms with Crippen LogP contribution in [0.2, 0.25) is 0 Å². The fraction of sp³-hybridized carbons (Fsp3) is 0.333. The third kappa shape index (κ3) is 4.16. The maximum absolute atomic E-state index is 14.2. The summed E-state index contributed by atoms with van der Waals surface area (Å²) in [5.74, 6) is -1.60. The number of halogens is 3. The standard InChI is InChI=1S/C21H19F3N8O2/c1-12-28-29-19(34-12)18-16(24)11-25-20(27-18)30-4-6-31(7-5-30)21(33)32-17(2-3-26-32)13-8-14(22)10-15(23)9-13/h3,8-11,17H,2,4-7H2,1H3. The van der Waals surface area contributed by atoms with Gasteiger partial charge < -0.3 is 14.2 Å². The Morgan fingerprint density at radius 2 is 1.79 bits per heavy atom. The van der Waals surface area contributed by atoms with Crippen LogP contribution in [0.25, 0.3) is 11.6 Å². The average Bonchev–Trinajstić information content (AvgIpc) is 3.48. The lowest BCUT2D eigenvalue weighted by molar-refractivity contribution is 0.139. The molecule has 2 amide bonds. The highest BCUT2D eigenvalue weighted by molar-refractivity contribution is 5.78. The number of carbonyl (C=O) groups is 1. The van der Waals surface area contributed by atoms with Crippen molar-refractivity contribution in [3.05, 3.63) is 53.3 Å². The highest BCUT2D eigenvalue weighted by Gasteiger charge is 2.34. The molecule has 3 aromatic rings. The van der Waals surface area contributed by atoms with Crippen molar-refractivity contribution in [1.82, 2.24) is 30.1 Å². The fourth-order valence-corrected chi connectivity index (χ4v) is 3.94. The molecule has 1 fully saturated rings. The summed E-state index contributed by atoms with van der Waals surface area (Å²) in [5, 5.41) is 12.9. The van der Waals surface area contributed by atoms with Gasteiger partial charge in [0.15, 0.2) is 11.5 Å². The first kappa shape index (κ1) is 21.8. The van der Waals surface area contributed by atoms with Crippen molar-refractivity contribution in [2.75, 3.05) is 31.1 Å². The molecule has 5 rings (SSSR count). The van der Waals surface area contributed by atoms with Gasteiger partial charge in [-0.2, -0.15) is 5.10 Å². The molecule has 1 atom stereocenters. The smallest absolute Gasteiger partial charge is 0.341 e. The first-order chi connectivity index (χ1) is 16.4. The molecule has 0 bridgehead atoms. The number of urea groups is 1. The largest absolute Gasteiger partial charge is 0.420 e. The third-order valence-corrected chi connectivity index (χ3v) is 5.59. The summed E-state index contributed by atoms with van der Waals surface area (Å²) in [7, 11) is 0. The van der Waals surface area contributed by atoms with Crippen LogP contribution in [0.4, 0.5) is 23.9 Å². The second-order valence-corrected chi connectivity index (χ2v) is 7.85. The van der Waals surface area contributed by atoms with Gasteiger partial charge in [-0.25, -0.2) is 32.9 Å². The van der Waals surface area contributed by atoms with E-state index in [4.69, 9.17) is 4.42 Å². The summed E-state index contributed by atoms with van der Waals surface area (Å²) >= 11 is 0. The molecule has 2 aliphatic rings. The average molecular weight is 472 g/mol. The Labute approximate surface area is 191 Å². The number of benzene rings is 1. The minimum absolute atomic E-state index is 0.0424. The lowest BCUT2D eigenvalue weighted by Gasteiger charge is -2.37. The minimum atomic E-state index is -0.711. The van der Waals surface area contributed by atoms with Gasteiger partial charge in [0, 0.05) is 51.8 Å². The number of hydrazone groups is 1. The Balaban J connectivity index is 1.27. The van der Waals surface area contributed by atoms with Crippen molar-refractivity contribution in [3.63, 3.8) is 0 Å². The number of nitrogens with zero attached hydrogens (tertiary/aromatic N) is 8. The van der Waals surface area contributed by atoms with E-state index in [1.807, 2.05) is 4.90 Å². The van der Waals surface area contributed by atoms with E-state index in [-0.39, 0.29) is 29.5 Å². The van der Waals surface area contributed by atoms with Gasteiger partial charge in [-0.3, -0.25) is 0 Å². The van der Waals surface area contributed by atoms with Gasteiger partial charge in [0.25, 0.3) is 5.89 Å². The van der Waals surface area contributed by atoms with E-state index in [1.54, 1.807) is 18.0 Å². The first-order valence-corrected chi connectivity index (χ1v) is 10.5. The van der Waals surface area contributed by atoms with Crippen LogP contribution in [-0.4, -0.2) is 68.5 Å². The lowest BCUT2D eigenvalue weighted by atomic mass is 10.0. The molecule has 4 heterocycles. The van der Waals surface area contributed by atoms with Crippen LogP contribution in [0, 0.1) is 24.4 Å². The summed E-state index contributed by atoms with van der Waals surface area (Å²) in [4.78, 5) is 24.8. The van der Waals surface area contributed by atoms with Crippen LogP contribution in [0.3, 0.4) is 0 Å². The van der Waals surface area contributed by atoms with Crippen molar-refractivity contribution in [3.8, 4) is 11.6 Å². The van der Waals surface area contributed by atoms with Gasteiger partial charge in [-0.15, -0.1) is 10.2 Å². The van der Waals surface area contributed by atoms with E-state index in [1.165, 1.54) is 17.1 Å². The summed E-state index contributed by atoms with van der Waals surface area (Å²) in [6.45, 7) is 3.01. The molecule has 0 aliphatic carbocycles. The number of aryl methyl sites for hydroxylation is 1. The predicted molar refractivity (Wildman–Crippen MR) is 113 cm³/mol. The summed E-state index contributed by atoms with van der Waals surface area (Å²) < 4.78 is 46.8. The van der Waals surface area contributed by atoms with E-state index < -0.39 is 23.5 Å². The molecule has 2 aliphatic heterocycles. The van der Waals surface area contributed by atoms with E-state index >= 15 is 0 Å². The molecular formula is C21H19F3N8O2. The van der Waals surface area contributed by atoms with Crippen LogP contribution in [0.5, 0.6) is 0 Å². The maximum atomic E-state index is 14.2. The third-order valence-electron chi connectivity index (χ3n) is 5.59. The van der Waals surface area contributed by atoms with Crippen LogP contribution >= 0.6 is 0 Å². The summed E-state index contributed by atoms with van der Waals surface area (Å²) in [6, 6.07) is 2.23. The fourth-order valence-electron chi connectivity index (χ4n) is 3.94. The van der Waals surface area contributed by atoms with E-state index in [0.29, 0.717) is 38.2 Å². The number of hydrogen-bond donors (Lipinski definition) is 0. The number of carbonyl (C=O) groups excluding carboxylic acids is 1. The van der Waals surface area contributed by atoms with Gasteiger partial charge in [-0.1, -0.05) is 0 Å². The van der Waals surface area contributed by atoms with Gasteiger partial charge in [0.2, 0.25) is 11.8 Å². The zero-order valence-corrected chi connectivity index (χ0v) is 18.0. The van der Waals surface area contributed by atoms with Crippen molar-refractivity contribution < 1.29 is 22.4 Å². The lowest BCUT2D eigenvalue weighted by Crippen LogP contribution is -2.52. The molecule has 10 nitrogen and oxygen atoms in total. The predicted octanol–water partition coefficient (Wildman–Crippen LogP) is 2.93. The van der Waals surface area contributed by atoms with Gasteiger partial charge in [0.05, 0.1) is 12.2 Å². The van der Waals surface area contributed by atoms with Crippen LogP contribution in [0.15, 0.2) is 33.9 Å². The second kappa shape index (κ2) is 8.72. The Morgan fingerprint density at radius 3 is 2.47 bits per heavy atom. The number of anilines is 1. The summed E-state index contributed by atoms with van der Waals surface area (Å²) in [6.07, 6.45) is 2.95. The van der Waals surface area contributed by atoms with Gasteiger partial charge >= 0.3 is 6.03 Å². The summed E-state index contributed by atoms with van der Waals surface area (Å²) in [5.41, 5.74) is 0.242. The minimum Gasteiger partial charge on any atom is -0.420 e. The van der Waals surface area contributed by atoms with E-state index in [2.05, 4.69) is 25.3 Å². The zero-order chi connectivity index (χ0) is 23.8. The molecule has 13 heteroatoms. The highest BCUT2D eigenvalue weighted by Crippen LogP contribution is 2.30. The molecule has 1 unspecified atom stereocenters. The second-order valence-electron chi connectivity index (χ2n) is 7.85. The van der Waals surface area contributed by atoms with Crippen LogP contribution in [-0.2, 0) is 0 Å².